The number of hydrogen-bond donors (Lipinski definition) is 3. The molecule has 0 aromatic carbocycles. The van der Waals surface area contributed by atoms with Crippen molar-refractivity contribution < 1.29 is 9.26 Å². The Kier molecular flexibility index (Phi) is 3.31. The van der Waals surface area contributed by atoms with Gasteiger partial charge in [0.15, 0.2) is 5.76 Å². The molecule has 9 heteroatoms. The Hall–Kier alpha value is -2.42. The van der Waals surface area contributed by atoms with E-state index in [4.69, 9.17) is 15.1 Å². The molecule has 17 heavy (non-hydrogen) atoms. The average Bonchev–Trinajstić information content (AvgIpc) is 2.89. The normalized spacial score (nSPS) is 10.0. The maximum atomic E-state index is 5.22. The molecule has 0 aliphatic carbocycles. The summed E-state index contributed by atoms with van der Waals surface area (Å²) in [5.41, 5.74) is 2.32. The smallest absolute Gasteiger partial charge is 0.322 e. The van der Waals surface area contributed by atoms with E-state index in [1.807, 2.05) is 0 Å². The SMILES string of the molecule is COc1nc(NN)nc(NCc2ccno2)n1. The Morgan fingerprint density at radius 3 is 2.82 bits per heavy atom. The highest BCUT2D eigenvalue weighted by atomic mass is 16.5. The zero-order valence-electron chi connectivity index (χ0n) is 9.04. The quantitative estimate of drug-likeness (QED) is 0.477. The number of nitrogens with two attached hydrogens (primary N) is 1. The van der Waals surface area contributed by atoms with Gasteiger partial charge in [0.2, 0.25) is 11.9 Å². The van der Waals surface area contributed by atoms with E-state index in [1.54, 1.807) is 12.3 Å². The van der Waals surface area contributed by atoms with Crippen LogP contribution in [0.4, 0.5) is 11.9 Å². The van der Waals surface area contributed by atoms with Crippen LogP contribution >= 0.6 is 0 Å². The van der Waals surface area contributed by atoms with E-state index >= 15 is 0 Å². The molecule has 0 bridgehead atoms. The molecule has 9 nitrogen and oxygen atoms in total. The number of aromatic nitrogens is 4. The number of nitrogen functional groups attached to an aromatic ring is 1. The van der Waals surface area contributed by atoms with Crippen molar-refractivity contribution in [3.63, 3.8) is 0 Å². The molecule has 0 spiro atoms. The van der Waals surface area contributed by atoms with E-state index in [-0.39, 0.29) is 12.0 Å². The van der Waals surface area contributed by atoms with Crippen LogP contribution in [0.5, 0.6) is 6.01 Å². The van der Waals surface area contributed by atoms with Crippen molar-refractivity contribution in [3.05, 3.63) is 18.0 Å². The molecule has 4 N–H and O–H groups in total. The van der Waals surface area contributed by atoms with E-state index in [2.05, 4.69) is 30.9 Å². The summed E-state index contributed by atoms with van der Waals surface area (Å²) in [4.78, 5) is 11.8. The van der Waals surface area contributed by atoms with E-state index in [9.17, 15) is 0 Å². The molecule has 0 radical (unpaired) electrons. The molecule has 2 aromatic rings. The van der Waals surface area contributed by atoms with Crippen molar-refractivity contribution in [3.8, 4) is 6.01 Å². The lowest BCUT2D eigenvalue weighted by Gasteiger charge is -2.06. The fraction of sp³-hybridized carbons (Fsp3) is 0.250. The Bertz CT molecular complexity index is 450. The number of nitrogens with zero attached hydrogens (tertiary/aromatic N) is 4. The second-order valence-electron chi connectivity index (χ2n) is 2.95. The molecule has 2 aromatic heterocycles. The van der Waals surface area contributed by atoms with Crippen LogP contribution in [0.2, 0.25) is 0 Å². The minimum Gasteiger partial charge on any atom is -0.467 e. The number of hydrazine groups is 1. The van der Waals surface area contributed by atoms with Gasteiger partial charge in [0, 0.05) is 6.07 Å². The molecular weight excluding hydrogens is 226 g/mol. The average molecular weight is 237 g/mol. The highest BCUT2D eigenvalue weighted by molar-refractivity contribution is 5.35. The maximum absolute atomic E-state index is 5.22. The van der Waals surface area contributed by atoms with Gasteiger partial charge >= 0.3 is 6.01 Å². The zero-order chi connectivity index (χ0) is 12.1. The summed E-state index contributed by atoms with van der Waals surface area (Å²) < 4.78 is 9.81. The highest BCUT2D eigenvalue weighted by Crippen LogP contribution is 2.10. The lowest BCUT2D eigenvalue weighted by molar-refractivity contribution is 0.378. The lowest BCUT2D eigenvalue weighted by Crippen LogP contribution is -2.14. The molecule has 0 fully saturated rings. The van der Waals surface area contributed by atoms with Crippen molar-refractivity contribution >= 4 is 11.9 Å². The first-order chi connectivity index (χ1) is 8.31. The fourth-order valence-corrected chi connectivity index (χ4v) is 1.09. The standard InChI is InChI=1S/C8H11N7O2/c1-16-8-13-6(12-7(14-8)15-9)10-4-5-2-3-11-17-5/h2-3H,4,9H2,1H3,(H2,10,12,13,14,15). The molecule has 0 atom stereocenters. The van der Waals surface area contributed by atoms with Crippen LogP contribution < -0.4 is 21.3 Å². The molecule has 0 amide bonds. The molecule has 90 valence electrons. The molecule has 2 rings (SSSR count). The summed E-state index contributed by atoms with van der Waals surface area (Å²) in [6.07, 6.45) is 1.55. The minimum atomic E-state index is 0.160. The molecule has 2 heterocycles. The summed E-state index contributed by atoms with van der Waals surface area (Å²) in [5.74, 6) is 6.40. The van der Waals surface area contributed by atoms with Gasteiger partial charge in [-0.1, -0.05) is 5.16 Å². The fourth-order valence-electron chi connectivity index (χ4n) is 1.09. The van der Waals surface area contributed by atoms with Crippen molar-refractivity contribution in [2.45, 2.75) is 6.54 Å². The van der Waals surface area contributed by atoms with Crippen LogP contribution in [0.25, 0.3) is 0 Å². The molecule has 0 saturated heterocycles. The van der Waals surface area contributed by atoms with Crippen molar-refractivity contribution in [1.29, 1.82) is 0 Å². The van der Waals surface area contributed by atoms with Gasteiger partial charge in [0.25, 0.3) is 0 Å². The van der Waals surface area contributed by atoms with Crippen LogP contribution in [0.15, 0.2) is 16.8 Å². The van der Waals surface area contributed by atoms with Crippen LogP contribution in [-0.4, -0.2) is 27.2 Å². The summed E-state index contributed by atoms with van der Waals surface area (Å²) >= 11 is 0. The topological polar surface area (TPSA) is 124 Å². The summed E-state index contributed by atoms with van der Waals surface area (Å²) in [5, 5.41) is 6.50. The third-order valence-corrected chi connectivity index (χ3v) is 1.84. The van der Waals surface area contributed by atoms with Gasteiger partial charge in [-0.3, -0.25) is 5.43 Å². The van der Waals surface area contributed by atoms with Gasteiger partial charge in [-0.25, -0.2) is 5.84 Å². The summed E-state index contributed by atoms with van der Waals surface area (Å²) in [6.45, 7) is 0.400. The predicted molar refractivity (Wildman–Crippen MR) is 58.0 cm³/mol. The number of ether oxygens (including phenoxy) is 1. The minimum absolute atomic E-state index is 0.160. The lowest BCUT2D eigenvalue weighted by atomic mass is 10.4. The number of anilines is 2. The van der Waals surface area contributed by atoms with E-state index in [0.717, 1.165) is 0 Å². The second kappa shape index (κ2) is 5.07. The Morgan fingerprint density at radius 2 is 2.18 bits per heavy atom. The van der Waals surface area contributed by atoms with Crippen molar-refractivity contribution in [1.82, 2.24) is 20.1 Å². The maximum Gasteiger partial charge on any atom is 0.322 e. The van der Waals surface area contributed by atoms with Gasteiger partial charge in [-0.05, 0) is 0 Å². The largest absolute Gasteiger partial charge is 0.467 e. The van der Waals surface area contributed by atoms with E-state index in [0.29, 0.717) is 18.3 Å². The monoisotopic (exact) mass is 237 g/mol. The third kappa shape index (κ3) is 2.78. The Morgan fingerprint density at radius 1 is 1.35 bits per heavy atom. The molecular formula is C8H11N7O2. The van der Waals surface area contributed by atoms with Gasteiger partial charge in [-0.15, -0.1) is 0 Å². The Balaban J connectivity index is 2.09. The highest BCUT2D eigenvalue weighted by Gasteiger charge is 2.06. The predicted octanol–water partition coefficient (Wildman–Crippen LogP) is -0.234. The van der Waals surface area contributed by atoms with Crippen LogP contribution in [-0.2, 0) is 6.54 Å². The molecule has 0 aliphatic rings. The third-order valence-electron chi connectivity index (χ3n) is 1.84. The van der Waals surface area contributed by atoms with E-state index in [1.165, 1.54) is 7.11 Å². The van der Waals surface area contributed by atoms with Gasteiger partial charge < -0.3 is 14.6 Å². The van der Waals surface area contributed by atoms with Gasteiger partial charge in [0.05, 0.1) is 19.9 Å². The van der Waals surface area contributed by atoms with Crippen molar-refractivity contribution in [2.24, 2.45) is 5.84 Å². The van der Waals surface area contributed by atoms with Gasteiger partial charge in [-0.2, -0.15) is 15.0 Å². The first kappa shape index (κ1) is 11.1. The zero-order valence-corrected chi connectivity index (χ0v) is 9.04. The number of hydrogen-bond acceptors (Lipinski definition) is 9. The first-order valence-electron chi connectivity index (χ1n) is 4.72. The van der Waals surface area contributed by atoms with Gasteiger partial charge in [0.1, 0.15) is 0 Å². The first-order valence-corrected chi connectivity index (χ1v) is 4.72. The number of methoxy groups -OCH3 is 1. The molecule has 0 saturated carbocycles. The number of rotatable bonds is 5. The van der Waals surface area contributed by atoms with Crippen LogP contribution in [0, 0.1) is 0 Å². The van der Waals surface area contributed by atoms with Crippen LogP contribution in [0.1, 0.15) is 5.76 Å². The van der Waals surface area contributed by atoms with E-state index < -0.39 is 0 Å². The molecule has 0 unspecified atom stereocenters. The van der Waals surface area contributed by atoms with Crippen LogP contribution in [0.3, 0.4) is 0 Å². The van der Waals surface area contributed by atoms with Crippen molar-refractivity contribution in [2.75, 3.05) is 17.9 Å². The number of nitrogens with one attached hydrogen (secondary N) is 2. The Labute approximate surface area is 96.4 Å². The second-order valence-corrected chi connectivity index (χ2v) is 2.95. The molecule has 0 aliphatic heterocycles. The summed E-state index contributed by atoms with van der Waals surface area (Å²) in [7, 11) is 1.45. The summed E-state index contributed by atoms with van der Waals surface area (Å²) in [6, 6.07) is 1.89.